The van der Waals surface area contributed by atoms with Gasteiger partial charge in [0.1, 0.15) is 0 Å². The van der Waals surface area contributed by atoms with Gasteiger partial charge in [0, 0.05) is 12.6 Å². The zero-order chi connectivity index (χ0) is 13.5. The van der Waals surface area contributed by atoms with Crippen molar-refractivity contribution in [1.82, 2.24) is 15.5 Å². The minimum absolute atomic E-state index is 0.218. The summed E-state index contributed by atoms with van der Waals surface area (Å²) in [4.78, 5) is 25.3. The summed E-state index contributed by atoms with van der Waals surface area (Å²) < 4.78 is 0. The molecular formula is C13H25N3O2. The molecular weight excluding hydrogens is 230 g/mol. The highest BCUT2D eigenvalue weighted by molar-refractivity contribution is 5.95. The second-order valence-electron chi connectivity index (χ2n) is 5.47. The van der Waals surface area contributed by atoms with Crippen LogP contribution in [0.3, 0.4) is 0 Å². The van der Waals surface area contributed by atoms with Crippen LogP contribution in [0.25, 0.3) is 0 Å². The average molecular weight is 255 g/mol. The molecule has 0 radical (unpaired) electrons. The number of hydrogen-bond donors (Lipinski definition) is 2. The van der Waals surface area contributed by atoms with Gasteiger partial charge in [-0.1, -0.05) is 20.3 Å². The molecule has 0 aromatic heterocycles. The second-order valence-corrected chi connectivity index (χ2v) is 5.47. The molecule has 1 fully saturated rings. The van der Waals surface area contributed by atoms with Crippen molar-refractivity contribution in [1.29, 1.82) is 0 Å². The van der Waals surface area contributed by atoms with Gasteiger partial charge in [0.2, 0.25) is 5.91 Å². The molecule has 0 spiro atoms. The molecule has 1 rings (SSSR count). The number of amides is 3. The Bertz CT molecular complexity index is 292. The molecule has 5 heteroatoms. The Labute approximate surface area is 109 Å². The van der Waals surface area contributed by atoms with Gasteiger partial charge in [0.15, 0.2) is 0 Å². The number of nitrogens with zero attached hydrogens (tertiary/aromatic N) is 1. The van der Waals surface area contributed by atoms with Crippen LogP contribution in [-0.2, 0) is 4.79 Å². The van der Waals surface area contributed by atoms with Crippen LogP contribution in [-0.4, -0.2) is 42.5 Å². The molecule has 5 nitrogen and oxygen atoms in total. The van der Waals surface area contributed by atoms with E-state index in [9.17, 15) is 9.59 Å². The van der Waals surface area contributed by atoms with Crippen molar-refractivity contribution in [2.75, 3.05) is 19.6 Å². The number of imide groups is 1. The summed E-state index contributed by atoms with van der Waals surface area (Å²) in [6.07, 6.45) is 3.50. The molecule has 1 saturated heterocycles. The maximum absolute atomic E-state index is 11.7. The van der Waals surface area contributed by atoms with Crippen molar-refractivity contribution in [2.45, 2.75) is 46.1 Å². The minimum Gasteiger partial charge on any atom is -0.338 e. The summed E-state index contributed by atoms with van der Waals surface area (Å²) in [5.74, 6) is 0.165. The van der Waals surface area contributed by atoms with Gasteiger partial charge < -0.3 is 5.32 Å². The zero-order valence-corrected chi connectivity index (χ0v) is 11.7. The van der Waals surface area contributed by atoms with E-state index in [1.807, 2.05) is 13.8 Å². The summed E-state index contributed by atoms with van der Waals surface area (Å²) in [6, 6.07) is 0.0431. The lowest BCUT2D eigenvalue weighted by molar-refractivity contribution is -0.122. The quantitative estimate of drug-likeness (QED) is 0.797. The molecule has 104 valence electrons. The van der Waals surface area contributed by atoms with Crippen LogP contribution < -0.4 is 10.6 Å². The maximum Gasteiger partial charge on any atom is 0.321 e. The van der Waals surface area contributed by atoms with Crippen molar-refractivity contribution in [3.8, 4) is 0 Å². The normalized spacial score (nSPS) is 20.8. The van der Waals surface area contributed by atoms with Gasteiger partial charge in [-0.25, -0.2) is 4.79 Å². The molecule has 18 heavy (non-hydrogen) atoms. The molecule has 1 aliphatic rings. The van der Waals surface area contributed by atoms with Gasteiger partial charge in [-0.2, -0.15) is 0 Å². The first kappa shape index (κ1) is 15.0. The predicted octanol–water partition coefficient (Wildman–Crippen LogP) is 1.34. The van der Waals surface area contributed by atoms with E-state index in [-0.39, 0.29) is 5.91 Å². The van der Waals surface area contributed by atoms with Crippen molar-refractivity contribution >= 4 is 11.9 Å². The monoisotopic (exact) mass is 255 g/mol. The number of hydrogen-bond acceptors (Lipinski definition) is 3. The highest BCUT2D eigenvalue weighted by Gasteiger charge is 2.21. The molecule has 1 heterocycles. The van der Waals surface area contributed by atoms with Gasteiger partial charge in [0.05, 0.1) is 6.54 Å². The zero-order valence-electron chi connectivity index (χ0n) is 11.7. The Hall–Kier alpha value is -1.10. The van der Waals surface area contributed by atoms with E-state index in [0.717, 1.165) is 19.4 Å². The molecule has 0 aromatic carbocycles. The Balaban J connectivity index is 2.25. The van der Waals surface area contributed by atoms with Gasteiger partial charge >= 0.3 is 6.03 Å². The molecule has 3 amide bonds. The van der Waals surface area contributed by atoms with Crippen molar-refractivity contribution in [3.63, 3.8) is 0 Å². The maximum atomic E-state index is 11.7. The van der Waals surface area contributed by atoms with Crippen molar-refractivity contribution in [2.24, 2.45) is 5.92 Å². The number of carbonyl (C=O) groups is 2. The van der Waals surface area contributed by atoms with E-state index in [0.29, 0.717) is 25.0 Å². The Morgan fingerprint density at radius 3 is 2.67 bits per heavy atom. The van der Waals surface area contributed by atoms with E-state index >= 15 is 0 Å². The van der Waals surface area contributed by atoms with E-state index < -0.39 is 6.03 Å². The lowest BCUT2D eigenvalue weighted by Gasteiger charge is -2.32. The fourth-order valence-corrected chi connectivity index (χ4v) is 2.08. The van der Waals surface area contributed by atoms with Gasteiger partial charge in [-0.15, -0.1) is 0 Å². The molecule has 0 unspecified atom stereocenters. The third-order valence-corrected chi connectivity index (χ3v) is 3.21. The first-order chi connectivity index (χ1) is 8.49. The minimum atomic E-state index is -0.390. The van der Waals surface area contributed by atoms with Crippen LogP contribution >= 0.6 is 0 Å². The number of urea groups is 1. The molecule has 2 N–H and O–H groups in total. The lowest BCUT2D eigenvalue weighted by atomic mass is 10.0. The van der Waals surface area contributed by atoms with E-state index in [4.69, 9.17) is 0 Å². The fourth-order valence-electron chi connectivity index (χ4n) is 2.08. The Kier molecular flexibility index (Phi) is 6.12. The van der Waals surface area contributed by atoms with Crippen LogP contribution in [0, 0.1) is 5.92 Å². The largest absolute Gasteiger partial charge is 0.338 e. The van der Waals surface area contributed by atoms with Crippen LogP contribution in [0.2, 0.25) is 0 Å². The van der Waals surface area contributed by atoms with Crippen LogP contribution in [0.5, 0.6) is 0 Å². The topological polar surface area (TPSA) is 61.4 Å². The highest BCUT2D eigenvalue weighted by Crippen LogP contribution is 2.15. The Morgan fingerprint density at radius 1 is 1.33 bits per heavy atom. The number of nitrogens with one attached hydrogen (secondary N) is 2. The van der Waals surface area contributed by atoms with Gasteiger partial charge in [-0.05, 0) is 32.2 Å². The van der Waals surface area contributed by atoms with Crippen LogP contribution in [0.1, 0.15) is 40.0 Å². The lowest BCUT2D eigenvalue weighted by Crippen LogP contribution is -2.48. The first-order valence-corrected chi connectivity index (χ1v) is 6.80. The molecule has 0 bridgehead atoms. The highest BCUT2D eigenvalue weighted by atomic mass is 16.2. The molecule has 1 atom stereocenters. The number of rotatable bonds is 4. The number of likely N-dealkylation sites (tertiary alicyclic amines) is 1. The summed E-state index contributed by atoms with van der Waals surface area (Å²) in [6.45, 7) is 8.00. The summed E-state index contributed by atoms with van der Waals surface area (Å²) in [7, 11) is 0. The third-order valence-electron chi connectivity index (χ3n) is 3.21. The summed E-state index contributed by atoms with van der Waals surface area (Å²) >= 11 is 0. The predicted molar refractivity (Wildman–Crippen MR) is 71.3 cm³/mol. The third kappa shape index (κ3) is 5.49. The van der Waals surface area contributed by atoms with Gasteiger partial charge in [0.25, 0.3) is 0 Å². The summed E-state index contributed by atoms with van der Waals surface area (Å²) in [5, 5.41) is 5.04. The number of carbonyl (C=O) groups excluding carboxylic acids is 2. The number of piperidine rings is 1. The van der Waals surface area contributed by atoms with Crippen molar-refractivity contribution < 1.29 is 9.59 Å². The molecule has 1 aliphatic heterocycles. The second kappa shape index (κ2) is 7.36. The molecule has 0 aromatic rings. The van der Waals surface area contributed by atoms with E-state index in [1.165, 1.54) is 6.42 Å². The van der Waals surface area contributed by atoms with Crippen molar-refractivity contribution in [3.05, 3.63) is 0 Å². The van der Waals surface area contributed by atoms with E-state index in [1.54, 1.807) is 0 Å². The van der Waals surface area contributed by atoms with E-state index in [2.05, 4.69) is 22.5 Å². The van der Waals surface area contributed by atoms with Gasteiger partial charge in [-0.3, -0.25) is 15.0 Å². The first-order valence-electron chi connectivity index (χ1n) is 6.80. The molecule has 0 aliphatic carbocycles. The van der Waals surface area contributed by atoms with Crippen LogP contribution in [0.4, 0.5) is 4.79 Å². The standard InChI is InChI=1S/C13H25N3O2/c1-10(2)8-14-13(18)15-12(17)9-16-7-5-4-6-11(16)3/h10-11H,4-9H2,1-3H3,(H2,14,15,17,18)/t11-/m0/s1. The fraction of sp³-hybridized carbons (Fsp3) is 0.846. The average Bonchev–Trinajstić information content (AvgIpc) is 2.29. The summed E-state index contributed by atoms with van der Waals surface area (Å²) in [5.41, 5.74) is 0. The SMILES string of the molecule is CC(C)CNC(=O)NC(=O)CN1CCCC[C@@H]1C. The van der Waals surface area contributed by atoms with Crippen LogP contribution in [0.15, 0.2) is 0 Å². The smallest absolute Gasteiger partial charge is 0.321 e. The molecule has 0 saturated carbocycles. The Morgan fingerprint density at radius 2 is 2.06 bits per heavy atom.